The molecule has 10 aromatic rings. The van der Waals surface area contributed by atoms with E-state index >= 15 is 0 Å². The zero-order valence-electron chi connectivity index (χ0n) is 39.4. The monoisotopic (exact) mass is 1000 g/mol. The summed E-state index contributed by atoms with van der Waals surface area (Å²) in [4.78, 5) is 17.1. The van der Waals surface area contributed by atoms with Crippen LogP contribution in [0.3, 0.4) is 0 Å². The molecule has 1 aliphatic heterocycles. The Kier molecular flexibility index (Phi) is 14.6. The number of H-pyrrole nitrogens is 2. The van der Waals surface area contributed by atoms with Gasteiger partial charge in [-0.05, 0) is 104 Å². The number of aromatic amines is 2. The predicted octanol–water partition coefficient (Wildman–Crippen LogP) is 12.2. The van der Waals surface area contributed by atoms with Gasteiger partial charge in [0.15, 0.2) is 0 Å². The first-order valence-corrected chi connectivity index (χ1v) is 23.5. The highest BCUT2D eigenvalue weighted by Gasteiger charge is 2.51. The van der Waals surface area contributed by atoms with Gasteiger partial charge in [0.1, 0.15) is 22.4 Å². The molecule has 0 bridgehead atoms. The summed E-state index contributed by atoms with van der Waals surface area (Å²) in [6.45, 7) is 12.3. The fourth-order valence-corrected chi connectivity index (χ4v) is 8.53. The fraction of sp³-hybridized carbons (Fsp3) is 0.200. The maximum absolute atomic E-state index is 9.70. The minimum atomic E-state index is -0.468. The molecule has 1 fully saturated rings. The van der Waals surface area contributed by atoms with Crippen LogP contribution in [0, 0.1) is 22.7 Å². The lowest BCUT2D eigenvalue weighted by atomic mass is 9.78. The van der Waals surface area contributed by atoms with Crippen LogP contribution in [0.15, 0.2) is 151 Å². The zero-order chi connectivity index (χ0) is 49.0. The van der Waals surface area contributed by atoms with E-state index in [4.69, 9.17) is 9.31 Å². The Morgan fingerprint density at radius 3 is 1.70 bits per heavy atom. The second-order valence-corrected chi connectivity index (χ2v) is 18.7. The normalized spacial score (nSPS) is 14.2. The third-order valence-electron chi connectivity index (χ3n) is 12.8. The number of nitrogens with zero attached hydrogens (tertiary/aromatic N) is 8. The third kappa shape index (κ3) is 10.3. The van der Waals surface area contributed by atoms with Crippen molar-refractivity contribution in [2.24, 2.45) is 0 Å². The van der Waals surface area contributed by atoms with E-state index < -0.39 is 18.3 Å². The number of hydrogen-bond donors (Lipinski definition) is 4. The molecule has 2 unspecified atom stereocenters. The summed E-state index contributed by atoms with van der Waals surface area (Å²) in [7, 11) is -0.468. The number of fused-ring (bicyclic) bond motifs is 4. The lowest BCUT2D eigenvalue weighted by molar-refractivity contribution is 0.00578. The largest absolute Gasteiger partial charge is 0.494 e. The quantitative estimate of drug-likeness (QED) is 0.105. The van der Waals surface area contributed by atoms with Crippen LogP contribution in [0.1, 0.15) is 83.3 Å². The topological polar surface area (TPSA) is 199 Å². The van der Waals surface area contributed by atoms with Crippen LogP contribution in [-0.2, 0) is 9.31 Å². The number of anilines is 2. The number of pyridine rings is 4. The van der Waals surface area contributed by atoms with Gasteiger partial charge in [-0.1, -0.05) is 86.3 Å². The van der Waals surface area contributed by atoms with Gasteiger partial charge in [-0.3, -0.25) is 30.1 Å². The van der Waals surface area contributed by atoms with Crippen molar-refractivity contribution in [2.45, 2.75) is 72.3 Å². The summed E-state index contributed by atoms with van der Waals surface area (Å²) >= 11 is 3.31. The Morgan fingerprint density at radius 1 is 0.606 bits per heavy atom. The van der Waals surface area contributed by atoms with Crippen LogP contribution in [0.25, 0.3) is 54.9 Å². The van der Waals surface area contributed by atoms with Gasteiger partial charge in [0.05, 0.1) is 61.2 Å². The molecule has 14 nitrogen and oxygen atoms in total. The molecule has 16 heteroatoms. The van der Waals surface area contributed by atoms with E-state index in [2.05, 4.69) is 117 Å². The van der Waals surface area contributed by atoms with Crippen molar-refractivity contribution in [1.82, 2.24) is 40.3 Å². The summed E-state index contributed by atoms with van der Waals surface area (Å²) < 4.78 is 13.3. The maximum Gasteiger partial charge on any atom is 0.494 e. The Morgan fingerprint density at radius 2 is 1.14 bits per heavy atom. The summed E-state index contributed by atoms with van der Waals surface area (Å²) in [5, 5.41) is 44.5. The zero-order valence-corrected chi connectivity index (χ0v) is 40.9. The minimum Gasteiger partial charge on any atom is -0.399 e. The average molecular weight is 1000 g/mol. The van der Waals surface area contributed by atoms with Gasteiger partial charge < -0.3 is 19.9 Å². The van der Waals surface area contributed by atoms with E-state index in [9.17, 15) is 10.5 Å². The molecule has 1 aliphatic rings. The molecule has 0 spiro atoms. The average Bonchev–Trinajstić information content (AvgIpc) is 4.06. The van der Waals surface area contributed by atoms with Crippen molar-refractivity contribution in [1.29, 1.82) is 10.5 Å². The molecule has 4 N–H and O–H groups in total. The third-order valence-corrected chi connectivity index (χ3v) is 13.4. The SMILES string of the molecule is Brc1[nH]nc2ccncc12.C.CC(Nc1c(C#N)cnc2ccc(-c3n[nH]c4ccncc34)cc12)c1ccccc1.CC(Nc1c(C#N)cnc2ccc(B3OC(C)(C)C(C)(C)O3)cc12)c1ccccc1. The van der Waals surface area contributed by atoms with E-state index in [-0.39, 0.29) is 19.5 Å². The number of aromatic nitrogens is 8. The van der Waals surface area contributed by atoms with E-state index in [0.717, 1.165) is 87.4 Å². The highest BCUT2D eigenvalue weighted by atomic mass is 79.9. The van der Waals surface area contributed by atoms with E-state index in [0.29, 0.717) is 11.1 Å². The first-order valence-electron chi connectivity index (χ1n) is 22.7. The van der Waals surface area contributed by atoms with Gasteiger partial charge in [0.2, 0.25) is 0 Å². The summed E-state index contributed by atoms with van der Waals surface area (Å²) in [6, 6.07) is 40.6. The molecule has 7 heterocycles. The minimum absolute atomic E-state index is 0. The van der Waals surface area contributed by atoms with Crippen LogP contribution in [0.2, 0.25) is 0 Å². The van der Waals surface area contributed by atoms with Gasteiger partial charge in [-0.25, -0.2) is 0 Å². The van der Waals surface area contributed by atoms with E-state index in [1.165, 1.54) is 0 Å². The summed E-state index contributed by atoms with van der Waals surface area (Å²) in [5.74, 6) is 0. The number of nitriles is 2. The molecule has 71 heavy (non-hydrogen) atoms. The Hall–Kier alpha value is -8.02. The number of benzene rings is 4. The van der Waals surface area contributed by atoms with Gasteiger partial charge >= 0.3 is 7.12 Å². The molecule has 11 rings (SSSR count). The molecular formula is C55H52BBrN12O2. The smallest absolute Gasteiger partial charge is 0.399 e. The molecule has 0 amide bonds. The fourth-order valence-electron chi connectivity index (χ4n) is 8.14. The van der Waals surface area contributed by atoms with Crippen molar-refractivity contribution in [3.8, 4) is 23.4 Å². The lowest BCUT2D eigenvalue weighted by Gasteiger charge is -2.32. The van der Waals surface area contributed by atoms with Crippen molar-refractivity contribution in [2.75, 3.05) is 10.6 Å². The molecule has 0 saturated carbocycles. The highest BCUT2D eigenvalue weighted by Crippen LogP contribution is 2.38. The highest BCUT2D eigenvalue weighted by molar-refractivity contribution is 9.10. The van der Waals surface area contributed by atoms with Crippen molar-refractivity contribution < 1.29 is 9.31 Å². The number of nitrogens with one attached hydrogen (secondary N) is 4. The first-order chi connectivity index (χ1) is 33.8. The van der Waals surface area contributed by atoms with Crippen LogP contribution in [0.4, 0.5) is 11.4 Å². The number of hydrogen-bond acceptors (Lipinski definition) is 12. The number of rotatable bonds is 8. The molecule has 0 aliphatic carbocycles. The predicted molar refractivity (Wildman–Crippen MR) is 287 cm³/mol. The first kappa shape index (κ1) is 49.4. The van der Waals surface area contributed by atoms with E-state index in [1.807, 2.05) is 113 Å². The second-order valence-electron chi connectivity index (χ2n) is 17.9. The molecule has 0 radical (unpaired) electrons. The molecule has 2 atom stereocenters. The van der Waals surface area contributed by atoms with Gasteiger partial charge in [-0.15, -0.1) is 0 Å². The Balaban J connectivity index is 0.000000157. The Bertz CT molecular complexity index is 3560. The van der Waals surface area contributed by atoms with Crippen molar-refractivity contribution >= 4 is 83.5 Å². The summed E-state index contributed by atoms with van der Waals surface area (Å²) in [5.41, 5.74) is 10.2. The van der Waals surface area contributed by atoms with Crippen LogP contribution < -0.4 is 16.1 Å². The van der Waals surface area contributed by atoms with Gasteiger partial charge in [-0.2, -0.15) is 20.7 Å². The van der Waals surface area contributed by atoms with Crippen LogP contribution in [0.5, 0.6) is 0 Å². The van der Waals surface area contributed by atoms with Crippen LogP contribution in [-0.4, -0.2) is 58.7 Å². The Labute approximate surface area is 421 Å². The molecule has 6 aromatic heterocycles. The maximum atomic E-state index is 9.70. The summed E-state index contributed by atoms with van der Waals surface area (Å²) in [6.07, 6.45) is 10.3. The van der Waals surface area contributed by atoms with Crippen molar-refractivity contribution in [3.63, 3.8) is 0 Å². The lowest BCUT2D eigenvalue weighted by Crippen LogP contribution is -2.41. The number of halogens is 1. The van der Waals surface area contributed by atoms with E-state index in [1.54, 1.807) is 37.2 Å². The molecule has 4 aromatic carbocycles. The second kappa shape index (κ2) is 20.9. The van der Waals surface area contributed by atoms with Crippen LogP contribution >= 0.6 is 15.9 Å². The molecule has 1 saturated heterocycles. The standard InChI is InChI=1S/C24H26BN3O2.C24H18N6.C6H4BrN3.CH4/c1-16(17-9-7-6-8-10-17)28-22-18(14-26)15-27-21-12-11-19(13-20(21)22)25-29-23(2,3)24(4,5)30-25;1-15(16-5-3-2-4-6-16)28-23-18(12-25)13-27-21-8-7-17(11-19(21)23)24-20-14-26-10-9-22(20)29-30-24;7-6-4-3-8-2-1-5(4)9-10-6;/h6-13,15-16H,1-5H3,(H,27,28);2-11,13-15H,1H3,(H,27,28)(H,29,30);1-3H,(H,9,10);1H4. The van der Waals surface area contributed by atoms with Crippen molar-refractivity contribution in [3.05, 3.63) is 173 Å². The molecular weight excluding hydrogens is 951 g/mol. The van der Waals surface area contributed by atoms with Gasteiger partial charge in [0, 0.05) is 71.0 Å². The molecule has 354 valence electrons. The van der Waals surface area contributed by atoms with Gasteiger partial charge in [0.25, 0.3) is 0 Å².